The van der Waals surface area contributed by atoms with E-state index >= 15 is 0 Å². The lowest BCUT2D eigenvalue weighted by molar-refractivity contribution is -0.0445. The molecular formula is C22H25N5O. The number of hydrogen-bond donors (Lipinski definition) is 3. The zero-order valence-electron chi connectivity index (χ0n) is 15.9. The highest BCUT2D eigenvalue weighted by atomic mass is 16.3. The molecule has 0 aromatic carbocycles. The van der Waals surface area contributed by atoms with Crippen molar-refractivity contribution < 1.29 is 5.11 Å². The maximum atomic E-state index is 10.3. The summed E-state index contributed by atoms with van der Waals surface area (Å²) in [5.74, 6) is 4.21. The van der Waals surface area contributed by atoms with Gasteiger partial charge in [-0.25, -0.2) is 9.98 Å². The topological polar surface area (TPSA) is 86.2 Å². The van der Waals surface area contributed by atoms with Gasteiger partial charge in [0, 0.05) is 30.1 Å². The quantitative estimate of drug-likeness (QED) is 0.739. The Bertz CT molecular complexity index is 953. The second-order valence-electron chi connectivity index (χ2n) is 9.33. The van der Waals surface area contributed by atoms with Gasteiger partial charge in [0.25, 0.3) is 0 Å². The average molecular weight is 375 g/mol. The van der Waals surface area contributed by atoms with Gasteiger partial charge in [-0.1, -0.05) is 0 Å². The van der Waals surface area contributed by atoms with Crippen LogP contribution in [0.4, 0.5) is 11.8 Å². The number of aromatic amines is 1. The van der Waals surface area contributed by atoms with Crippen molar-refractivity contribution in [1.29, 1.82) is 0 Å². The first kappa shape index (κ1) is 16.3. The first-order chi connectivity index (χ1) is 13.7. The van der Waals surface area contributed by atoms with Gasteiger partial charge >= 0.3 is 0 Å². The fraction of sp³-hybridized carbons (Fsp3) is 0.500. The van der Waals surface area contributed by atoms with Crippen LogP contribution in [0.3, 0.4) is 0 Å². The molecule has 4 saturated carbocycles. The fourth-order valence-corrected chi connectivity index (χ4v) is 6.54. The molecule has 1 aliphatic heterocycles. The molecule has 0 atom stereocenters. The Labute approximate surface area is 164 Å². The number of H-pyrrole nitrogens is 1. The van der Waals surface area contributed by atoms with Crippen LogP contribution in [0, 0.1) is 23.2 Å². The van der Waals surface area contributed by atoms with Gasteiger partial charge in [-0.2, -0.15) is 4.98 Å². The lowest BCUT2D eigenvalue weighted by Gasteiger charge is -2.56. The third kappa shape index (κ3) is 2.65. The van der Waals surface area contributed by atoms with E-state index in [-0.39, 0.29) is 5.88 Å². The summed E-state index contributed by atoms with van der Waals surface area (Å²) in [6, 6.07) is 3.88. The smallest absolute Gasteiger partial charge is 0.238 e. The normalized spacial score (nSPS) is 33.6. The summed E-state index contributed by atoms with van der Waals surface area (Å²) < 4.78 is 0. The Balaban J connectivity index is 1.20. The first-order valence-corrected chi connectivity index (χ1v) is 10.4. The fourth-order valence-electron chi connectivity index (χ4n) is 6.54. The number of aromatic hydroxyl groups is 1. The molecular weight excluding hydrogens is 350 g/mol. The summed E-state index contributed by atoms with van der Waals surface area (Å²) in [6.07, 6.45) is 13.8. The van der Waals surface area contributed by atoms with Gasteiger partial charge in [0.15, 0.2) is 5.82 Å². The third-order valence-corrected chi connectivity index (χ3v) is 7.23. The highest BCUT2D eigenvalue weighted by molar-refractivity contribution is 6.20. The van der Waals surface area contributed by atoms with Crippen LogP contribution in [-0.4, -0.2) is 32.8 Å². The molecule has 2 aromatic heterocycles. The van der Waals surface area contributed by atoms with Crippen molar-refractivity contribution in [1.82, 2.24) is 15.0 Å². The van der Waals surface area contributed by atoms with Crippen LogP contribution in [0.1, 0.15) is 49.8 Å². The Kier molecular flexibility index (Phi) is 3.46. The average Bonchev–Trinajstić information content (AvgIpc) is 3.23. The van der Waals surface area contributed by atoms with E-state index in [0.717, 1.165) is 35.4 Å². The molecule has 144 valence electrons. The van der Waals surface area contributed by atoms with Crippen LogP contribution in [0.25, 0.3) is 11.6 Å². The minimum atomic E-state index is 0.0197. The molecule has 3 N–H and O–H groups in total. The first-order valence-electron chi connectivity index (χ1n) is 10.4. The lowest BCUT2D eigenvalue weighted by atomic mass is 9.49. The predicted molar refractivity (Wildman–Crippen MR) is 110 cm³/mol. The van der Waals surface area contributed by atoms with Crippen molar-refractivity contribution in [3.8, 4) is 5.88 Å². The van der Waals surface area contributed by atoms with Crippen molar-refractivity contribution in [3.05, 3.63) is 29.6 Å². The summed E-state index contributed by atoms with van der Waals surface area (Å²) in [7, 11) is 0. The largest absolute Gasteiger partial charge is 0.492 e. The van der Waals surface area contributed by atoms with Crippen molar-refractivity contribution in [2.24, 2.45) is 28.2 Å². The number of fused-ring (bicyclic) bond motifs is 1. The van der Waals surface area contributed by atoms with Gasteiger partial charge in [-0.3, -0.25) is 0 Å². The van der Waals surface area contributed by atoms with Gasteiger partial charge in [0.1, 0.15) is 5.69 Å². The molecule has 0 saturated heterocycles. The van der Waals surface area contributed by atoms with Crippen LogP contribution in [-0.2, 0) is 0 Å². The lowest BCUT2D eigenvalue weighted by Crippen LogP contribution is -2.49. The Morgan fingerprint density at radius 1 is 1.18 bits per heavy atom. The third-order valence-electron chi connectivity index (χ3n) is 7.23. The van der Waals surface area contributed by atoms with E-state index in [1.807, 2.05) is 18.2 Å². The Morgan fingerprint density at radius 3 is 2.68 bits per heavy atom. The molecule has 6 heteroatoms. The number of nitrogens with one attached hydrogen (secondary N) is 2. The number of anilines is 1. The van der Waals surface area contributed by atoms with Crippen LogP contribution < -0.4 is 5.32 Å². The molecule has 0 radical (unpaired) electrons. The summed E-state index contributed by atoms with van der Waals surface area (Å²) >= 11 is 0. The second kappa shape index (κ2) is 5.93. The molecule has 0 amide bonds. The highest BCUT2D eigenvalue weighted by Gasteiger charge is 2.50. The van der Waals surface area contributed by atoms with Crippen LogP contribution >= 0.6 is 0 Å². The van der Waals surface area contributed by atoms with Crippen molar-refractivity contribution in [2.45, 2.75) is 38.5 Å². The maximum absolute atomic E-state index is 10.3. The number of nitrogens with zero attached hydrogens (tertiary/aromatic N) is 3. The predicted octanol–water partition coefficient (Wildman–Crippen LogP) is 4.40. The number of hydrogen-bond acceptors (Lipinski definition) is 5. The van der Waals surface area contributed by atoms with Crippen LogP contribution in [0.2, 0.25) is 0 Å². The number of aromatic nitrogens is 3. The molecule has 0 unspecified atom stereocenters. The van der Waals surface area contributed by atoms with Crippen molar-refractivity contribution in [2.75, 3.05) is 11.9 Å². The number of aliphatic imine (C=N–C) groups is 1. The van der Waals surface area contributed by atoms with E-state index in [0.29, 0.717) is 22.9 Å². The van der Waals surface area contributed by atoms with Gasteiger partial charge in [0.2, 0.25) is 11.8 Å². The molecule has 6 nitrogen and oxygen atoms in total. The van der Waals surface area contributed by atoms with E-state index in [2.05, 4.69) is 25.3 Å². The molecule has 4 aliphatic carbocycles. The standard InChI is InChI=1S/C22H25N5O/c28-20-18(7-16-11-24-19-17(16)2-1-3-23-19)26-21(27-20)25-12-22-8-13-4-14(9-22)6-15(5-13)10-22/h1-3,7,11,13-15,28H,4-6,8-10,12H2,(H2,25,26,27)/b16-7+. The van der Waals surface area contributed by atoms with Gasteiger partial charge in [0.05, 0.1) is 0 Å². The Morgan fingerprint density at radius 2 is 1.93 bits per heavy atom. The molecule has 2 aromatic rings. The van der Waals surface area contributed by atoms with Crippen molar-refractivity contribution >= 4 is 29.6 Å². The molecule has 0 spiro atoms. The van der Waals surface area contributed by atoms with Crippen molar-refractivity contribution in [3.63, 3.8) is 0 Å². The van der Waals surface area contributed by atoms with Gasteiger partial charge in [-0.15, -0.1) is 0 Å². The monoisotopic (exact) mass is 375 g/mol. The molecule has 3 heterocycles. The van der Waals surface area contributed by atoms with Gasteiger partial charge < -0.3 is 15.4 Å². The van der Waals surface area contributed by atoms with E-state index < -0.39 is 0 Å². The summed E-state index contributed by atoms with van der Waals surface area (Å²) in [5.41, 5.74) is 2.93. The van der Waals surface area contributed by atoms with E-state index in [1.54, 1.807) is 12.4 Å². The number of imidazole rings is 1. The molecule has 5 aliphatic rings. The minimum Gasteiger partial charge on any atom is -0.492 e. The summed E-state index contributed by atoms with van der Waals surface area (Å²) in [4.78, 5) is 16.1. The van der Waals surface area contributed by atoms with Gasteiger partial charge in [-0.05, 0) is 79.9 Å². The molecule has 7 rings (SSSR count). The SMILES string of the molecule is Oc1nc(NCC23CC4CC(CC(C4)C2)C3)[nH]c1/C=C1\C=Nc2ncccc21. The second-order valence-corrected chi connectivity index (χ2v) is 9.33. The molecule has 28 heavy (non-hydrogen) atoms. The number of allylic oxidation sites excluding steroid dienone is 1. The molecule has 4 fully saturated rings. The van der Waals surface area contributed by atoms with Crippen LogP contribution in [0.5, 0.6) is 5.88 Å². The van der Waals surface area contributed by atoms with E-state index in [1.165, 1.54) is 38.5 Å². The highest BCUT2D eigenvalue weighted by Crippen LogP contribution is 2.59. The van der Waals surface area contributed by atoms with Crippen LogP contribution in [0.15, 0.2) is 23.3 Å². The maximum Gasteiger partial charge on any atom is 0.238 e. The molecule has 4 bridgehead atoms. The number of rotatable bonds is 4. The minimum absolute atomic E-state index is 0.0197. The van der Waals surface area contributed by atoms with E-state index in [9.17, 15) is 5.11 Å². The zero-order valence-corrected chi connectivity index (χ0v) is 15.9. The zero-order chi connectivity index (χ0) is 18.7. The van der Waals surface area contributed by atoms with E-state index in [4.69, 9.17) is 0 Å². The summed E-state index contributed by atoms with van der Waals surface area (Å²) in [6.45, 7) is 0.952. The Hall–Kier alpha value is -2.63. The summed E-state index contributed by atoms with van der Waals surface area (Å²) in [5, 5.41) is 13.8. The number of pyridine rings is 1.